The molecule has 28 heavy (non-hydrogen) atoms. The monoisotopic (exact) mass is 398 g/mol. The van der Waals surface area contributed by atoms with Gasteiger partial charge in [-0.1, -0.05) is 18.2 Å². The first-order valence-electron chi connectivity index (χ1n) is 8.51. The molecule has 4 rings (SSSR count). The highest BCUT2D eigenvalue weighted by Gasteiger charge is 2.29. The number of rotatable bonds is 1. The molecule has 0 atom stereocenters. The number of carbonyl (C=O) groups is 1. The Morgan fingerprint density at radius 2 is 2.07 bits per heavy atom. The van der Waals surface area contributed by atoms with Gasteiger partial charge in [-0.3, -0.25) is 9.88 Å². The third-order valence-electron chi connectivity index (χ3n) is 4.99. The Hall–Kier alpha value is -3.19. The number of halogens is 2. The first-order valence-corrected chi connectivity index (χ1v) is 8.89. The maximum Gasteiger partial charge on any atom is 0.411 e. The Morgan fingerprint density at radius 3 is 2.79 bits per heavy atom. The lowest BCUT2D eigenvalue weighted by atomic mass is 9.93. The Labute approximate surface area is 165 Å². The van der Waals surface area contributed by atoms with Gasteiger partial charge in [0.05, 0.1) is 16.4 Å². The van der Waals surface area contributed by atoms with E-state index in [0.717, 1.165) is 5.57 Å². The van der Waals surface area contributed by atoms with Crippen LogP contribution in [0.1, 0.15) is 17.7 Å². The van der Waals surface area contributed by atoms with Crippen molar-refractivity contribution in [2.75, 3.05) is 17.2 Å². The smallest absolute Gasteiger partial charge is 0.411 e. The third kappa shape index (κ3) is 2.66. The van der Waals surface area contributed by atoms with Crippen molar-refractivity contribution in [1.29, 1.82) is 0 Å². The summed E-state index contributed by atoms with van der Waals surface area (Å²) in [4.78, 5) is 21.3. The second kappa shape index (κ2) is 6.45. The van der Waals surface area contributed by atoms with Crippen LogP contribution >= 0.6 is 11.6 Å². The van der Waals surface area contributed by atoms with Gasteiger partial charge in [0, 0.05) is 35.5 Å². The van der Waals surface area contributed by atoms with E-state index < -0.39 is 11.9 Å². The zero-order chi connectivity index (χ0) is 20.2. The summed E-state index contributed by atoms with van der Waals surface area (Å²) in [5, 5.41) is 10.6. The van der Waals surface area contributed by atoms with Crippen molar-refractivity contribution < 1.29 is 14.3 Å². The van der Waals surface area contributed by atoms with Crippen LogP contribution in [-0.4, -0.2) is 27.7 Å². The summed E-state index contributed by atoms with van der Waals surface area (Å²) in [6, 6.07) is 3.23. The molecular weight excluding hydrogens is 383 g/mol. The summed E-state index contributed by atoms with van der Waals surface area (Å²) in [5.41, 5.74) is 8.69. The van der Waals surface area contributed by atoms with E-state index >= 15 is 4.39 Å². The molecule has 8 heteroatoms. The van der Waals surface area contributed by atoms with Crippen LogP contribution in [0.4, 0.5) is 20.7 Å². The average molecular weight is 399 g/mol. The standard InChI is InChI=1S/C20H16ClFN4O2/c1-9-3-4-26(20(27)28)19-10(2)13(7-25-18(9)19)12-5-11-6-15(23)24-8-14(11)16(21)17(12)22/h5-8H,1,3-4H2,2H3,(H2,23,24)(H,27,28). The number of pyridine rings is 2. The molecule has 0 fully saturated rings. The van der Waals surface area contributed by atoms with Crippen LogP contribution in [0, 0.1) is 12.7 Å². The highest BCUT2D eigenvalue weighted by atomic mass is 35.5. The zero-order valence-corrected chi connectivity index (χ0v) is 15.7. The van der Waals surface area contributed by atoms with Crippen LogP contribution in [0.25, 0.3) is 27.5 Å². The van der Waals surface area contributed by atoms with Gasteiger partial charge in [-0.15, -0.1) is 0 Å². The maximum absolute atomic E-state index is 15.1. The predicted molar refractivity (Wildman–Crippen MR) is 108 cm³/mol. The normalized spacial score (nSPS) is 13.7. The van der Waals surface area contributed by atoms with Crippen molar-refractivity contribution in [3.05, 3.63) is 53.2 Å². The van der Waals surface area contributed by atoms with Crippen molar-refractivity contribution in [3.63, 3.8) is 0 Å². The van der Waals surface area contributed by atoms with E-state index in [2.05, 4.69) is 16.5 Å². The van der Waals surface area contributed by atoms with E-state index in [9.17, 15) is 9.90 Å². The van der Waals surface area contributed by atoms with E-state index in [0.29, 0.717) is 39.7 Å². The number of hydrogen-bond acceptors (Lipinski definition) is 4. The van der Waals surface area contributed by atoms with Crippen molar-refractivity contribution in [1.82, 2.24) is 9.97 Å². The van der Waals surface area contributed by atoms with Gasteiger partial charge in [0.1, 0.15) is 11.6 Å². The molecular formula is C20H16ClFN4O2. The Bertz CT molecular complexity index is 1180. The number of anilines is 2. The van der Waals surface area contributed by atoms with Crippen LogP contribution in [0.3, 0.4) is 0 Å². The summed E-state index contributed by atoms with van der Waals surface area (Å²) >= 11 is 6.24. The van der Waals surface area contributed by atoms with Crippen LogP contribution in [0.15, 0.2) is 31.1 Å². The first kappa shape index (κ1) is 18.2. The summed E-state index contributed by atoms with van der Waals surface area (Å²) in [5.74, 6) is -0.336. The lowest BCUT2D eigenvalue weighted by Crippen LogP contribution is -2.35. The van der Waals surface area contributed by atoms with E-state index in [1.165, 1.54) is 17.3 Å². The van der Waals surface area contributed by atoms with Gasteiger partial charge >= 0.3 is 6.09 Å². The Morgan fingerprint density at radius 1 is 1.32 bits per heavy atom. The maximum atomic E-state index is 15.1. The molecule has 3 N–H and O–H groups in total. The molecule has 0 saturated heterocycles. The van der Waals surface area contributed by atoms with Gasteiger partial charge in [-0.2, -0.15) is 0 Å². The molecule has 0 saturated carbocycles. The van der Waals surface area contributed by atoms with E-state index in [-0.39, 0.29) is 22.9 Å². The Kier molecular flexibility index (Phi) is 4.19. The minimum atomic E-state index is -1.09. The quantitative estimate of drug-likeness (QED) is 0.609. The molecule has 6 nitrogen and oxygen atoms in total. The Balaban J connectivity index is 2.01. The molecule has 1 amide bonds. The number of nitrogen functional groups attached to an aromatic ring is 1. The van der Waals surface area contributed by atoms with Crippen molar-refractivity contribution >= 4 is 45.5 Å². The van der Waals surface area contributed by atoms with Gasteiger partial charge in [0.25, 0.3) is 0 Å². The van der Waals surface area contributed by atoms with Gasteiger partial charge in [-0.05, 0) is 42.0 Å². The second-order valence-corrected chi connectivity index (χ2v) is 7.04. The van der Waals surface area contributed by atoms with Crippen LogP contribution < -0.4 is 10.6 Å². The van der Waals surface area contributed by atoms with Crippen LogP contribution in [-0.2, 0) is 0 Å². The molecule has 0 bridgehead atoms. The van der Waals surface area contributed by atoms with Gasteiger partial charge in [0.15, 0.2) is 0 Å². The van der Waals surface area contributed by atoms with Gasteiger partial charge < -0.3 is 10.8 Å². The fourth-order valence-electron chi connectivity index (χ4n) is 3.56. The molecule has 2 aromatic heterocycles. The van der Waals surface area contributed by atoms with Crippen LogP contribution in [0.5, 0.6) is 0 Å². The number of fused-ring (bicyclic) bond motifs is 2. The molecule has 1 aliphatic rings. The highest BCUT2D eigenvalue weighted by molar-refractivity contribution is 6.36. The number of amides is 1. The van der Waals surface area contributed by atoms with Crippen molar-refractivity contribution in [2.45, 2.75) is 13.3 Å². The van der Waals surface area contributed by atoms with Gasteiger partial charge in [0.2, 0.25) is 0 Å². The zero-order valence-electron chi connectivity index (χ0n) is 15.0. The largest absolute Gasteiger partial charge is 0.465 e. The minimum Gasteiger partial charge on any atom is -0.465 e. The molecule has 3 aromatic rings. The topological polar surface area (TPSA) is 92.3 Å². The highest BCUT2D eigenvalue weighted by Crippen LogP contribution is 2.42. The predicted octanol–water partition coefficient (Wildman–Crippen LogP) is 4.88. The number of carboxylic acid groups (broad SMARTS) is 1. The fourth-order valence-corrected chi connectivity index (χ4v) is 3.82. The van der Waals surface area contributed by atoms with E-state index in [4.69, 9.17) is 17.3 Å². The van der Waals surface area contributed by atoms with Crippen molar-refractivity contribution in [3.8, 4) is 11.1 Å². The first-order chi connectivity index (χ1) is 13.3. The molecule has 1 aliphatic heterocycles. The molecule has 0 radical (unpaired) electrons. The third-order valence-corrected chi connectivity index (χ3v) is 5.36. The fraction of sp³-hybridized carbons (Fsp3) is 0.150. The van der Waals surface area contributed by atoms with Gasteiger partial charge in [-0.25, -0.2) is 14.2 Å². The van der Waals surface area contributed by atoms with Crippen LogP contribution in [0.2, 0.25) is 5.02 Å². The lowest BCUT2D eigenvalue weighted by Gasteiger charge is -2.30. The molecule has 142 valence electrons. The average Bonchev–Trinajstić information content (AvgIpc) is 2.65. The molecule has 0 unspecified atom stereocenters. The molecule has 1 aromatic carbocycles. The number of nitrogens with two attached hydrogens (primary N) is 1. The van der Waals surface area contributed by atoms with Crippen molar-refractivity contribution in [2.24, 2.45) is 0 Å². The number of benzene rings is 1. The summed E-state index contributed by atoms with van der Waals surface area (Å²) in [6.07, 6.45) is 2.35. The van der Waals surface area contributed by atoms with E-state index in [1.807, 2.05) is 0 Å². The summed E-state index contributed by atoms with van der Waals surface area (Å²) in [6.45, 7) is 5.99. The summed E-state index contributed by atoms with van der Waals surface area (Å²) < 4.78 is 15.1. The number of nitrogens with zero attached hydrogens (tertiary/aromatic N) is 3. The number of aromatic nitrogens is 2. The summed E-state index contributed by atoms with van der Waals surface area (Å²) in [7, 11) is 0. The lowest BCUT2D eigenvalue weighted by molar-refractivity contribution is 0.201. The molecule has 0 aliphatic carbocycles. The van der Waals surface area contributed by atoms with E-state index in [1.54, 1.807) is 19.1 Å². The SMILES string of the molecule is C=C1CCN(C(=O)O)c2c1ncc(-c1cc3cc(N)ncc3c(Cl)c1F)c2C. The minimum absolute atomic E-state index is 0.0726. The molecule has 0 spiro atoms. The second-order valence-electron chi connectivity index (χ2n) is 6.66. The molecule has 3 heterocycles. The number of hydrogen-bond donors (Lipinski definition) is 2.